The van der Waals surface area contributed by atoms with Gasteiger partial charge in [-0.3, -0.25) is 15.5 Å². The zero-order valence-corrected chi connectivity index (χ0v) is 9.52. The summed E-state index contributed by atoms with van der Waals surface area (Å²) in [5.74, 6) is -0.776. The summed E-state index contributed by atoms with van der Waals surface area (Å²) in [7, 11) is -3.86. The van der Waals surface area contributed by atoms with E-state index < -0.39 is 26.5 Å². The summed E-state index contributed by atoms with van der Waals surface area (Å²) in [4.78, 5) is 9.89. The maximum absolute atomic E-state index is 10.9. The molecule has 0 bridgehead atoms. The number of hydrogen-bond donors (Lipinski definition) is 2. The minimum Gasteiger partial charge on any atom is -0.384 e. The molecule has 9 heteroatoms. The molecule has 0 amide bonds. The van der Waals surface area contributed by atoms with E-state index in [1.165, 1.54) is 6.07 Å². The third-order valence-electron chi connectivity index (χ3n) is 1.71. The van der Waals surface area contributed by atoms with Crippen LogP contribution < -0.4 is 9.92 Å². The SMILES string of the molecule is CS(=O)(=O)Oc1ccc(C(=N)N)cc1[N+](=O)[O-]. The summed E-state index contributed by atoms with van der Waals surface area (Å²) in [5.41, 5.74) is 4.70. The van der Waals surface area contributed by atoms with Gasteiger partial charge >= 0.3 is 15.8 Å². The zero-order valence-electron chi connectivity index (χ0n) is 8.71. The van der Waals surface area contributed by atoms with Crippen molar-refractivity contribution in [3.8, 4) is 5.75 Å². The number of amidine groups is 1. The molecule has 3 N–H and O–H groups in total. The molecule has 0 saturated heterocycles. The van der Waals surface area contributed by atoms with E-state index in [9.17, 15) is 18.5 Å². The molecule has 0 aromatic heterocycles. The van der Waals surface area contributed by atoms with Crippen molar-refractivity contribution >= 4 is 21.6 Å². The maximum Gasteiger partial charge on any atom is 0.313 e. The summed E-state index contributed by atoms with van der Waals surface area (Å²) in [5, 5.41) is 17.8. The molecule has 0 heterocycles. The lowest BCUT2D eigenvalue weighted by Gasteiger charge is -2.05. The number of hydrogen-bond acceptors (Lipinski definition) is 6. The molecule has 92 valence electrons. The molecule has 0 aliphatic rings. The van der Waals surface area contributed by atoms with Crippen LogP contribution in [0.4, 0.5) is 5.69 Å². The van der Waals surface area contributed by atoms with E-state index in [0.29, 0.717) is 0 Å². The molecule has 0 unspecified atom stereocenters. The van der Waals surface area contributed by atoms with Crippen LogP contribution in [0, 0.1) is 15.5 Å². The van der Waals surface area contributed by atoms with Crippen LogP contribution in [-0.2, 0) is 10.1 Å². The lowest BCUT2D eigenvalue weighted by molar-refractivity contribution is -0.385. The Hall–Kier alpha value is -2.16. The topological polar surface area (TPSA) is 136 Å². The van der Waals surface area contributed by atoms with Crippen LogP contribution in [0.5, 0.6) is 5.75 Å². The fraction of sp³-hybridized carbons (Fsp3) is 0.125. The Morgan fingerprint density at radius 2 is 2.12 bits per heavy atom. The maximum atomic E-state index is 10.9. The van der Waals surface area contributed by atoms with Gasteiger partial charge in [-0.2, -0.15) is 8.42 Å². The lowest BCUT2D eigenvalue weighted by atomic mass is 10.2. The Labute approximate surface area is 96.8 Å². The first-order chi connectivity index (χ1) is 7.70. The van der Waals surface area contributed by atoms with Crippen molar-refractivity contribution in [2.24, 2.45) is 5.73 Å². The molecule has 0 spiro atoms. The number of nitrogens with one attached hydrogen (secondary N) is 1. The number of nitrogen functional groups attached to an aromatic ring is 1. The summed E-state index contributed by atoms with van der Waals surface area (Å²) < 4.78 is 26.2. The highest BCUT2D eigenvalue weighted by molar-refractivity contribution is 7.86. The van der Waals surface area contributed by atoms with Gasteiger partial charge in [0, 0.05) is 11.6 Å². The number of nitrogens with zero attached hydrogens (tertiary/aromatic N) is 1. The van der Waals surface area contributed by atoms with Gasteiger partial charge in [-0.25, -0.2) is 0 Å². The summed E-state index contributed by atoms with van der Waals surface area (Å²) in [6.07, 6.45) is 0.773. The Morgan fingerprint density at radius 1 is 1.53 bits per heavy atom. The first-order valence-electron chi connectivity index (χ1n) is 4.23. The second-order valence-electron chi connectivity index (χ2n) is 3.14. The van der Waals surface area contributed by atoms with Crippen molar-refractivity contribution in [2.75, 3.05) is 6.26 Å². The quantitative estimate of drug-likeness (QED) is 0.261. The van der Waals surface area contributed by atoms with Crippen LogP contribution in [0.2, 0.25) is 0 Å². The van der Waals surface area contributed by atoms with Gasteiger partial charge in [0.25, 0.3) is 0 Å². The monoisotopic (exact) mass is 259 g/mol. The lowest BCUT2D eigenvalue weighted by Crippen LogP contribution is -2.12. The van der Waals surface area contributed by atoms with Gasteiger partial charge in [0.05, 0.1) is 11.2 Å². The van der Waals surface area contributed by atoms with Crippen molar-refractivity contribution in [3.05, 3.63) is 33.9 Å². The average molecular weight is 259 g/mol. The van der Waals surface area contributed by atoms with Gasteiger partial charge < -0.3 is 9.92 Å². The largest absolute Gasteiger partial charge is 0.384 e. The second kappa shape index (κ2) is 4.37. The van der Waals surface area contributed by atoms with Crippen LogP contribution in [0.1, 0.15) is 5.56 Å². The molecule has 1 aromatic carbocycles. The molecular formula is C8H9N3O5S. The minimum absolute atomic E-state index is 0.109. The number of rotatable bonds is 4. The highest BCUT2D eigenvalue weighted by Gasteiger charge is 2.20. The molecule has 1 rings (SSSR count). The van der Waals surface area contributed by atoms with Crippen LogP contribution >= 0.6 is 0 Å². The minimum atomic E-state index is -3.86. The Kier molecular flexibility index (Phi) is 3.32. The van der Waals surface area contributed by atoms with Crippen molar-refractivity contribution in [2.45, 2.75) is 0 Å². The molecule has 0 radical (unpaired) electrons. The Morgan fingerprint density at radius 3 is 2.53 bits per heavy atom. The Bertz CT molecular complexity index is 581. The van der Waals surface area contributed by atoms with Crippen molar-refractivity contribution in [3.63, 3.8) is 0 Å². The first-order valence-corrected chi connectivity index (χ1v) is 6.04. The Balaban J connectivity index is 3.32. The average Bonchev–Trinajstić information content (AvgIpc) is 2.14. The van der Waals surface area contributed by atoms with E-state index in [2.05, 4.69) is 4.18 Å². The van der Waals surface area contributed by atoms with Gasteiger partial charge in [0.15, 0.2) is 0 Å². The molecule has 17 heavy (non-hydrogen) atoms. The number of nitrogens with two attached hydrogens (primary N) is 1. The molecule has 8 nitrogen and oxygen atoms in total. The third kappa shape index (κ3) is 3.41. The molecule has 0 atom stereocenters. The van der Waals surface area contributed by atoms with Gasteiger partial charge in [-0.05, 0) is 12.1 Å². The number of nitro benzene ring substituents is 1. The van der Waals surface area contributed by atoms with E-state index in [4.69, 9.17) is 11.1 Å². The van der Waals surface area contributed by atoms with E-state index in [0.717, 1.165) is 18.4 Å². The predicted octanol–water partition coefficient (Wildman–Crippen LogP) is 0.217. The van der Waals surface area contributed by atoms with Crippen LogP contribution in [0.15, 0.2) is 18.2 Å². The number of benzene rings is 1. The molecule has 0 aliphatic heterocycles. The fourth-order valence-corrected chi connectivity index (χ4v) is 1.53. The first kappa shape index (κ1) is 12.9. The predicted molar refractivity (Wildman–Crippen MR) is 59.6 cm³/mol. The van der Waals surface area contributed by atoms with Crippen molar-refractivity contribution < 1.29 is 17.5 Å². The second-order valence-corrected chi connectivity index (χ2v) is 4.72. The summed E-state index contributed by atoms with van der Waals surface area (Å²) in [6, 6.07) is 3.31. The zero-order chi connectivity index (χ0) is 13.2. The molecule has 0 fully saturated rings. The van der Waals surface area contributed by atoms with Gasteiger partial charge in [0.2, 0.25) is 5.75 Å². The molecule has 0 aliphatic carbocycles. The van der Waals surface area contributed by atoms with Crippen molar-refractivity contribution in [1.82, 2.24) is 0 Å². The third-order valence-corrected chi connectivity index (χ3v) is 2.19. The van der Waals surface area contributed by atoms with Gasteiger partial charge in [-0.15, -0.1) is 0 Å². The highest BCUT2D eigenvalue weighted by Crippen LogP contribution is 2.28. The number of nitro groups is 1. The van der Waals surface area contributed by atoms with E-state index in [1.54, 1.807) is 0 Å². The molecule has 1 aromatic rings. The summed E-state index contributed by atoms with van der Waals surface area (Å²) in [6.45, 7) is 0. The van der Waals surface area contributed by atoms with Crippen LogP contribution in [-0.4, -0.2) is 25.4 Å². The van der Waals surface area contributed by atoms with Crippen molar-refractivity contribution in [1.29, 1.82) is 5.41 Å². The van der Waals surface area contributed by atoms with Crippen LogP contribution in [0.3, 0.4) is 0 Å². The summed E-state index contributed by atoms with van der Waals surface area (Å²) >= 11 is 0. The van der Waals surface area contributed by atoms with Gasteiger partial charge in [-0.1, -0.05) is 0 Å². The van der Waals surface area contributed by atoms with E-state index in [-0.39, 0.29) is 11.4 Å². The fourth-order valence-electron chi connectivity index (χ4n) is 1.06. The smallest absolute Gasteiger partial charge is 0.313 e. The highest BCUT2D eigenvalue weighted by atomic mass is 32.2. The normalized spacial score (nSPS) is 10.9. The van der Waals surface area contributed by atoms with Crippen LogP contribution in [0.25, 0.3) is 0 Å². The molecule has 0 saturated carbocycles. The van der Waals surface area contributed by atoms with E-state index in [1.807, 2.05) is 0 Å². The van der Waals surface area contributed by atoms with Gasteiger partial charge in [0.1, 0.15) is 5.84 Å². The molecular weight excluding hydrogens is 250 g/mol. The van der Waals surface area contributed by atoms with E-state index >= 15 is 0 Å². The standard InChI is InChI=1S/C8H9N3O5S/c1-17(14,15)16-7-3-2-5(8(9)10)4-6(7)11(12)13/h2-4H,1H3,(H3,9,10).